The zero-order chi connectivity index (χ0) is 7.28. The molecule has 0 heterocycles. The summed E-state index contributed by atoms with van der Waals surface area (Å²) >= 11 is 0. The van der Waals surface area contributed by atoms with Crippen LogP contribution in [-0.2, 0) is 9.53 Å². The van der Waals surface area contributed by atoms with Gasteiger partial charge in [0, 0.05) is 6.92 Å². The molecule has 9 heavy (non-hydrogen) atoms. The molecule has 0 aromatic heterocycles. The van der Waals surface area contributed by atoms with Gasteiger partial charge in [0.05, 0.1) is 0 Å². The lowest BCUT2D eigenvalue weighted by Crippen LogP contribution is -1.94. The van der Waals surface area contributed by atoms with E-state index in [2.05, 4.69) is 11.3 Å². The summed E-state index contributed by atoms with van der Waals surface area (Å²) in [7, 11) is 0. The van der Waals surface area contributed by atoms with E-state index in [1.807, 2.05) is 0 Å². The van der Waals surface area contributed by atoms with E-state index < -0.39 is 0 Å². The lowest BCUT2D eigenvalue weighted by atomic mass is 10.5. The highest BCUT2D eigenvalue weighted by atomic mass is 16.5. The van der Waals surface area contributed by atoms with Gasteiger partial charge in [-0.2, -0.15) is 0 Å². The van der Waals surface area contributed by atoms with Crippen molar-refractivity contribution >= 4 is 5.97 Å². The van der Waals surface area contributed by atoms with E-state index in [0.29, 0.717) is 5.76 Å². The molecule has 0 aliphatic rings. The predicted octanol–water partition coefficient (Wildman–Crippen LogP) is 1.64. The Hall–Kier alpha value is -1.05. The molecule has 0 aliphatic carbocycles. The first-order valence-electron chi connectivity index (χ1n) is 2.64. The molecular formula is C7H10O2. The van der Waals surface area contributed by atoms with Crippen LogP contribution < -0.4 is 0 Å². The lowest BCUT2D eigenvalue weighted by Gasteiger charge is -1.96. The molecule has 0 bridgehead atoms. The van der Waals surface area contributed by atoms with Crippen LogP contribution in [0.25, 0.3) is 0 Å². The van der Waals surface area contributed by atoms with E-state index in [-0.39, 0.29) is 5.97 Å². The zero-order valence-corrected chi connectivity index (χ0v) is 5.68. The maximum Gasteiger partial charge on any atom is 0.307 e. The fourth-order valence-corrected chi connectivity index (χ4v) is 0.427. The van der Waals surface area contributed by atoms with Crippen LogP contribution in [-0.4, -0.2) is 5.97 Å². The van der Waals surface area contributed by atoms with E-state index in [1.165, 1.54) is 6.92 Å². The minimum atomic E-state index is -0.300. The SMILES string of the molecule is C=CC=C(C)OC(C)=O. The Bertz CT molecular complexity index is 145. The third-order valence-electron chi connectivity index (χ3n) is 0.657. The van der Waals surface area contributed by atoms with Crippen molar-refractivity contribution in [2.24, 2.45) is 0 Å². The highest BCUT2D eigenvalue weighted by molar-refractivity contribution is 5.67. The van der Waals surface area contributed by atoms with Gasteiger partial charge < -0.3 is 4.74 Å². The molecule has 2 heteroatoms. The van der Waals surface area contributed by atoms with Crippen molar-refractivity contribution < 1.29 is 9.53 Å². The van der Waals surface area contributed by atoms with Crippen molar-refractivity contribution in [3.8, 4) is 0 Å². The van der Waals surface area contributed by atoms with Gasteiger partial charge in [-0.25, -0.2) is 0 Å². The van der Waals surface area contributed by atoms with E-state index in [1.54, 1.807) is 19.1 Å². The molecule has 0 atom stereocenters. The van der Waals surface area contributed by atoms with Gasteiger partial charge >= 0.3 is 5.97 Å². The summed E-state index contributed by atoms with van der Waals surface area (Å²) in [5, 5.41) is 0. The number of ether oxygens (including phenoxy) is 1. The maximum atomic E-state index is 10.2. The first-order chi connectivity index (χ1) is 4.16. The fourth-order valence-electron chi connectivity index (χ4n) is 0.427. The molecule has 0 saturated carbocycles. The van der Waals surface area contributed by atoms with Crippen molar-refractivity contribution in [1.29, 1.82) is 0 Å². The average Bonchev–Trinajstić information content (AvgIpc) is 1.63. The topological polar surface area (TPSA) is 26.3 Å². The Morgan fingerprint density at radius 1 is 1.56 bits per heavy atom. The van der Waals surface area contributed by atoms with Gasteiger partial charge in [-0.15, -0.1) is 0 Å². The van der Waals surface area contributed by atoms with Crippen LogP contribution in [0.5, 0.6) is 0 Å². The monoisotopic (exact) mass is 126 g/mol. The Balaban J connectivity index is 3.75. The van der Waals surface area contributed by atoms with Crippen LogP contribution in [0.4, 0.5) is 0 Å². The van der Waals surface area contributed by atoms with Crippen molar-refractivity contribution in [3.05, 3.63) is 24.5 Å². The van der Waals surface area contributed by atoms with E-state index in [9.17, 15) is 4.79 Å². The van der Waals surface area contributed by atoms with Gasteiger partial charge in [-0.1, -0.05) is 12.7 Å². The summed E-state index contributed by atoms with van der Waals surface area (Å²) in [5.74, 6) is 0.267. The van der Waals surface area contributed by atoms with E-state index in [4.69, 9.17) is 0 Å². The first-order valence-corrected chi connectivity index (χ1v) is 2.64. The van der Waals surface area contributed by atoms with Crippen molar-refractivity contribution in [2.45, 2.75) is 13.8 Å². The van der Waals surface area contributed by atoms with Gasteiger partial charge in [0.1, 0.15) is 5.76 Å². The van der Waals surface area contributed by atoms with Crippen molar-refractivity contribution in [2.75, 3.05) is 0 Å². The zero-order valence-electron chi connectivity index (χ0n) is 5.68. The Kier molecular flexibility index (Phi) is 3.44. The fraction of sp³-hybridized carbons (Fsp3) is 0.286. The molecule has 0 spiro atoms. The first kappa shape index (κ1) is 7.95. The molecule has 0 rings (SSSR count). The summed E-state index contributed by atoms with van der Waals surface area (Å²) in [5.41, 5.74) is 0. The molecular weight excluding hydrogens is 116 g/mol. The standard InChI is InChI=1S/C7H10O2/c1-4-5-6(2)9-7(3)8/h4-5H,1H2,2-3H3. The molecule has 0 radical (unpaired) electrons. The third-order valence-corrected chi connectivity index (χ3v) is 0.657. The van der Waals surface area contributed by atoms with E-state index in [0.717, 1.165) is 0 Å². The number of carbonyl (C=O) groups excluding carboxylic acids is 1. The largest absolute Gasteiger partial charge is 0.432 e. The molecule has 0 N–H and O–H groups in total. The summed E-state index contributed by atoms with van der Waals surface area (Å²) < 4.78 is 4.64. The number of esters is 1. The number of allylic oxidation sites excluding steroid dienone is 3. The summed E-state index contributed by atoms with van der Waals surface area (Å²) in [6.07, 6.45) is 3.19. The summed E-state index contributed by atoms with van der Waals surface area (Å²) in [4.78, 5) is 10.2. The third kappa shape index (κ3) is 4.81. The molecule has 0 amide bonds. The molecule has 0 saturated heterocycles. The van der Waals surface area contributed by atoms with Crippen LogP contribution in [0.1, 0.15) is 13.8 Å². The van der Waals surface area contributed by atoms with E-state index >= 15 is 0 Å². The molecule has 0 aromatic rings. The molecule has 0 aromatic carbocycles. The quantitative estimate of drug-likeness (QED) is 0.319. The second-order valence-corrected chi connectivity index (χ2v) is 1.61. The molecule has 0 aliphatic heterocycles. The summed E-state index contributed by atoms with van der Waals surface area (Å²) in [6.45, 7) is 6.50. The van der Waals surface area contributed by atoms with Crippen LogP contribution in [0.3, 0.4) is 0 Å². The Morgan fingerprint density at radius 2 is 2.11 bits per heavy atom. The smallest absolute Gasteiger partial charge is 0.307 e. The normalized spacial score (nSPS) is 10.7. The van der Waals surface area contributed by atoms with Crippen molar-refractivity contribution in [3.63, 3.8) is 0 Å². The van der Waals surface area contributed by atoms with Gasteiger partial charge in [0.15, 0.2) is 0 Å². The van der Waals surface area contributed by atoms with Gasteiger partial charge in [0.25, 0.3) is 0 Å². The predicted molar refractivity (Wildman–Crippen MR) is 35.7 cm³/mol. The minimum Gasteiger partial charge on any atom is -0.432 e. The number of hydrogen-bond acceptors (Lipinski definition) is 2. The van der Waals surface area contributed by atoms with Crippen LogP contribution in [0, 0.1) is 0 Å². The van der Waals surface area contributed by atoms with Gasteiger partial charge in [-0.3, -0.25) is 4.79 Å². The van der Waals surface area contributed by atoms with Gasteiger partial charge in [-0.05, 0) is 13.0 Å². The highest BCUT2D eigenvalue weighted by Crippen LogP contribution is 1.94. The van der Waals surface area contributed by atoms with Crippen LogP contribution in [0.2, 0.25) is 0 Å². The Morgan fingerprint density at radius 3 is 2.44 bits per heavy atom. The van der Waals surface area contributed by atoms with Gasteiger partial charge in [0.2, 0.25) is 0 Å². The average molecular weight is 126 g/mol. The summed E-state index contributed by atoms with van der Waals surface area (Å²) in [6, 6.07) is 0. The molecule has 0 unspecified atom stereocenters. The maximum absolute atomic E-state index is 10.2. The number of rotatable bonds is 2. The highest BCUT2D eigenvalue weighted by Gasteiger charge is 1.90. The van der Waals surface area contributed by atoms with Crippen LogP contribution >= 0.6 is 0 Å². The molecule has 0 fully saturated rings. The number of hydrogen-bond donors (Lipinski definition) is 0. The Labute approximate surface area is 54.8 Å². The second-order valence-electron chi connectivity index (χ2n) is 1.61. The number of carbonyl (C=O) groups is 1. The molecule has 2 nitrogen and oxygen atoms in total. The van der Waals surface area contributed by atoms with Crippen molar-refractivity contribution in [1.82, 2.24) is 0 Å². The second kappa shape index (κ2) is 3.89. The van der Waals surface area contributed by atoms with Crippen LogP contribution in [0.15, 0.2) is 24.5 Å². The molecule has 50 valence electrons. The lowest BCUT2D eigenvalue weighted by molar-refractivity contribution is -0.136. The minimum absolute atomic E-state index is 0.300.